The van der Waals surface area contributed by atoms with Crippen molar-refractivity contribution in [1.82, 2.24) is 5.32 Å². The van der Waals surface area contributed by atoms with Crippen molar-refractivity contribution >= 4 is 22.2 Å². The third kappa shape index (κ3) is 22.9. The summed E-state index contributed by atoms with van der Waals surface area (Å²) in [6.45, 7) is 4.00. The summed E-state index contributed by atoms with van der Waals surface area (Å²) in [7, 11) is 0.808. The number of hydrogen-bond donors (Lipinski definition) is 3. The fourth-order valence-electron chi connectivity index (χ4n) is 2.55. The molecule has 0 bridgehead atoms. The number of quaternary nitrogens is 1. The van der Waals surface area contributed by atoms with Crippen molar-refractivity contribution in [1.29, 1.82) is 0 Å². The lowest BCUT2D eigenvalue weighted by Gasteiger charge is -2.24. The summed E-state index contributed by atoms with van der Waals surface area (Å²) >= 11 is 0. The lowest BCUT2D eigenvalue weighted by atomic mass is 10.1. The van der Waals surface area contributed by atoms with Gasteiger partial charge in [-0.25, -0.2) is 4.79 Å². The number of likely N-dealkylation sites (N-methyl/N-ethyl adjacent to an activating group) is 1. The normalized spacial score (nSPS) is 12.7. The zero-order chi connectivity index (χ0) is 21.5. The van der Waals surface area contributed by atoms with E-state index in [-0.39, 0.29) is 16.3 Å². The maximum atomic E-state index is 12.0. The molecule has 0 saturated heterocycles. The van der Waals surface area contributed by atoms with Gasteiger partial charge in [0.2, 0.25) is 5.91 Å². The largest absolute Gasteiger partial charge is 0.394 e. The maximum Gasteiger partial charge on any atom is 0.394 e. The molecule has 27 heavy (non-hydrogen) atoms. The van der Waals surface area contributed by atoms with Crippen LogP contribution in [0.5, 0.6) is 0 Å². The number of amides is 2. The summed E-state index contributed by atoms with van der Waals surface area (Å²) in [5.41, 5.74) is 0. The first-order valence-electron chi connectivity index (χ1n) is 9.64. The number of unbranched alkanes of at least 4 members (excludes halogenated alkanes) is 8. The van der Waals surface area contributed by atoms with Gasteiger partial charge in [0.05, 0.1) is 21.1 Å². The zero-order valence-electron chi connectivity index (χ0n) is 17.5. The predicted molar refractivity (Wildman–Crippen MR) is 107 cm³/mol. The Morgan fingerprint density at radius 2 is 1.26 bits per heavy atom. The molecule has 0 rings (SSSR count). The van der Waals surface area contributed by atoms with Gasteiger partial charge < -0.3 is 5.32 Å². The monoisotopic (exact) mass is 411 g/mol. The third-order valence-electron chi connectivity index (χ3n) is 3.92. The Bertz CT molecular complexity index is 506. The summed E-state index contributed by atoms with van der Waals surface area (Å²) in [4.78, 5) is 23.8. The highest BCUT2D eigenvalue weighted by Crippen LogP contribution is 2.10. The Balaban J connectivity index is 0. The van der Waals surface area contributed by atoms with E-state index in [1.54, 1.807) is 6.92 Å². The molecule has 0 aromatic heterocycles. The number of carbonyl (C=O) groups excluding carboxylic acids is 2. The second kappa shape index (κ2) is 15.0. The second-order valence-electron chi connectivity index (χ2n) is 7.67. The van der Waals surface area contributed by atoms with E-state index in [2.05, 4.69) is 12.2 Å². The summed E-state index contributed by atoms with van der Waals surface area (Å²) in [6.07, 6.45) is 11.7. The van der Waals surface area contributed by atoms with Crippen LogP contribution < -0.4 is 5.32 Å². The summed E-state index contributed by atoms with van der Waals surface area (Å²) in [5, 5.41) is 2.81. The number of nitrogens with zero attached hydrogens (tertiary/aromatic N) is 1. The molecular weight excluding hydrogens is 372 g/mol. The van der Waals surface area contributed by atoms with Crippen LogP contribution in [-0.2, 0) is 20.0 Å². The van der Waals surface area contributed by atoms with Crippen molar-refractivity contribution in [3.63, 3.8) is 0 Å². The van der Waals surface area contributed by atoms with Crippen LogP contribution in [0.4, 0.5) is 0 Å². The van der Waals surface area contributed by atoms with Crippen molar-refractivity contribution in [2.24, 2.45) is 0 Å². The lowest BCUT2D eigenvalue weighted by molar-refractivity contribution is -0.792. The minimum Gasteiger partial charge on any atom is -0.341 e. The fraction of sp³-hybridized carbons (Fsp3) is 0.889. The first kappa shape index (κ1) is 28.2. The van der Waals surface area contributed by atoms with Gasteiger partial charge in [0, 0.05) is 6.42 Å². The quantitative estimate of drug-likeness (QED) is 0.258. The highest BCUT2D eigenvalue weighted by atomic mass is 32.3. The van der Waals surface area contributed by atoms with Gasteiger partial charge in [-0.05, 0) is 13.3 Å². The van der Waals surface area contributed by atoms with E-state index in [0.29, 0.717) is 6.42 Å². The van der Waals surface area contributed by atoms with E-state index in [1.807, 2.05) is 21.1 Å². The Morgan fingerprint density at radius 1 is 0.889 bits per heavy atom. The molecule has 0 aromatic carbocycles. The molecule has 9 heteroatoms. The van der Waals surface area contributed by atoms with Gasteiger partial charge in [-0.2, -0.15) is 8.42 Å². The van der Waals surface area contributed by atoms with Gasteiger partial charge >= 0.3 is 16.3 Å². The van der Waals surface area contributed by atoms with E-state index >= 15 is 0 Å². The molecule has 0 heterocycles. The number of carbonyl (C=O) groups is 2. The number of nitrogens with one attached hydrogen (secondary N) is 1. The van der Waals surface area contributed by atoms with E-state index < -0.39 is 16.4 Å². The fourth-order valence-corrected chi connectivity index (χ4v) is 2.55. The van der Waals surface area contributed by atoms with Crippen LogP contribution >= 0.6 is 0 Å². The van der Waals surface area contributed by atoms with Crippen LogP contribution in [0.15, 0.2) is 0 Å². The minimum absolute atomic E-state index is 0.00255. The van der Waals surface area contributed by atoms with Gasteiger partial charge in [-0.3, -0.25) is 18.4 Å². The second-order valence-corrected chi connectivity index (χ2v) is 8.56. The van der Waals surface area contributed by atoms with Crippen molar-refractivity contribution in [2.45, 2.75) is 84.1 Å². The van der Waals surface area contributed by atoms with Crippen molar-refractivity contribution < 1.29 is 31.6 Å². The Kier molecular flexibility index (Phi) is 15.6. The molecule has 0 aliphatic heterocycles. The summed E-state index contributed by atoms with van der Waals surface area (Å²) in [6, 6.07) is -0.411. The molecule has 0 fully saturated rings. The highest BCUT2D eigenvalue weighted by Gasteiger charge is 2.28. The van der Waals surface area contributed by atoms with Gasteiger partial charge in [0.15, 0.2) is 0 Å². The molecule has 0 aromatic rings. The zero-order valence-corrected chi connectivity index (χ0v) is 18.3. The highest BCUT2D eigenvalue weighted by molar-refractivity contribution is 7.79. The molecule has 0 saturated carbocycles. The molecule has 162 valence electrons. The average molecular weight is 412 g/mol. The predicted octanol–water partition coefficient (Wildman–Crippen LogP) is 2.99. The SMILES string of the molecule is CCCCCCCCCCCC(=O)NC(C)C(=O)[N+](C)(C)C.O=S(=O)(O)O. The molecule has 1 unspecified atom stereocenters. The van der Waals surface area contributed by atoms with E-state index in [9.17, 15) is 9.59 Å². The topological polar surface area (TPSA) is 121 Å². The Hall–Kier alpha value is -1.03. The molecule has 8 nitrogen and oxygen atoms in total. The standard InChI is InChI=1S/C18H36N2O2.H2O4S/c1-6-7-8-9-10-11-12-13-14-15-17(21)19-16(2)18(22)20(3,4)5;1-5(2,3)4/h16H,6-15H2,1-5H3;(H2,1,2,3,4)/p+1. The van der Waals surface area contributed by atoms with E-state index in [0.717, 1.165) is 12.8 Å². The number of hydrogen-bond acceptors (Lipinski definition) is 4. The smallest absolute Gasteiger partial charge is 0.341 e. The Morgan fingerprint density at radius 3 is 1.63 bits per heavy atom. The van der Waals surface area contributed by atoms with Crippen LogP contribution in [0.2, 0.25) is 0 Å². The molecule has 1 atom stereocenters. The van der Waals surface area contributed by atoms with Crippen molar-refractivity contribution in [2.75, 3.05) is 21.1 Å². The first-order valence-corrected chi connectivity index (χ1v) is 11.0. The van der Waals surface area contributed by atoms with Gasteiger partial charge in [-0.1, -0.05) is 58.3 Å². The van der Waals surface area contributed by atoms with Crippen LogP contribution in [0, 0.1) is 0 Å². The first-order chi connectivity index (χ1) is 12.3. The van der Waals surface area contributed by atoms with E-state index in [4.69, 9.17) is 17.5 Å². The molecule has 2 amide bonds. The molecule has 0 aliphatic rings. The molecule has 0 spiro atoms. The summed E-state index contributed by atoms with van der Waals surface area (Å²) < 4.78 is 31.8. The molecule has 0 radical (unpaired) electrons. The van der Waals surface area contributed by atoms with Crippen LogP contribution in [-0.4, -0.2) is 61.0 Å². The van der Waals surface area contributed by atoms with Crippen LogP contribution in [0.25, 0.3) is 0 Å². The minimum atomic E-state index is -4.67. The summed E-state index contributed by atoms with van der Waals surface area (Å²) in [5.74, 6) is 0.0256. The van der Waals surface area contributed by atoms with Gasteiger partial charge in [-0.15, -0.1) is 0 Å². The average Bonchev–Trinajstić information content (AvgIpc) is 2.50. The molecule has 0 aliphatic carbocycles. The third-order valence-corrected chi connectivity index (χ3v) is 3.92. The lowest BCUT2D eigenvalue weighted by Crippen LogP contribution is -2.52. The maximum absolute atomic E-state index is 12.0. The van der Waals surface area contributed by atoms with Gasteiger partial charge in [0.25, 0.3) is 0 Å². The molecule has 3 N–H and O–H groups in total. The van der Waals surface area contributed by atoms with Crippen molar-refractivity contribution in [3.05, 3.63) is 0 Å². The Labute approximate surface area is 164 Å². The number of rotatable bonds is 12. The van der Waals surface area contributed by atoms with E-state index in [1.165, 1.54) is 44.9 Å². The molecular formula is C18H39N2O6S+. The van der Waals surface area contributed by atoms with Crippen LogP contribution in [0.3, 0.4) is 0 Å². The van der Waals surface area contributed by atoms with Crippen molar-refractivity contribution in [3.8, 4) is 0 Å². The van der Waals surface area contributed by atoms with Gasteiger partial charge in [0.1, 0.15) is 6.04 Å². The van der Waals surface area contributed by atoms with Crippen LogP contribution in [0.1, 0.15) is 78.1 Å².